The molecular weight excluding hydrogens is 309 g/mol. The smallest absolute Gasteiger partial charge is 0.128 e. The van der Waals surface area contributed by atoms with E-state index in [0.717, 1.165) is 10.0 Å². The molecule has 0 bridgehead atoms. The van der Waals surface area contributed by atoms with Crippen LogP contribution in [-0.2, 0) is 18.0 Å². The van der Waals surface area contributed by atoms with Crippen LogP contribution in [0.25, 0.3) is 0 Å². The van der Waals surface area contributed by atoms with Gasteiger partial charge in [0.25, 0.3) is 0 Å². The monoisotopic (exact) mass is 319 g/mol. The van der Waals surface area contributed by atoms with Crippen molar-refractivity contribution in [1.82, 2.24) is 0 Å². The minimum Gasteiger partial charge on any atom is -0.372 e. The van der Waals surface area contributed by atoms with Gasteiger partial charge in [-0.25, -0.2) is 4.39 Å². The molecule has 0 heterocycles. The normalized spacial score (nSPS) is 10.2. The second kappa shape index (κ2) is 6.46. The van der Waals surface area contributed by atoms with Crippen LogP contribution in [0.2, 0.25) is 0 Å². The fraction of sp³-hybridized carbons (Fsp3) is 0.133. The Morgan fingerprint density at radius 3 is 2.53 bits per heavy atom. The maximum atomic E-state index is 13.5. The summed E-state index contributed by atoms with van der Waals surface area (Å²) in [5.41, 5.74) is 1.85. The zero-order valence-corrected chi connectivity index (χ0v) is 11.7. The molecule has 2 aromatic carbocycles. The molecule has 96 valence electrons. The van der Waals surface area contributed by atoms with E-state index in [1.54, 1.807) is 0 Å². The molecule has 0 unspecified atom stereocenters. The van der Waals surface area contributed by atoms with E-state index in [1.807, 2.05) is 30.3 Å². The number of hydrogen-bond donors (Lipinski definition) is 0. The van der Waals surface area contributed by atoms with Crippen LogP contribution in [0.4, 0.5) is 4.39 Å². The van der Waals surface area contributed by atoms with Gasteiger partial charge >= 0.3 is 0 Å². The number of hydrogen-bond acceptors (Lipinski definition) is 2. The van der Waals surface area contributed by atoms with Crippen molar-refractivity contribution in [2.45, 2.75) is 13.2 Å². The number of halogens is 2. The van der Waals surface area contributed by atoms with Crippen molar-refractivity contribution in [2.24, 2.45) is 0 Å². The molecule has 0 N–H and O–H groups in total. The lowest BCUT2D eigenvalue weighted by Gasteiger charge is -2.06. The van der Waals surface area contributed by atoms with Crippen LogP contribution in [-0.4, -0.2) is 0 Å². The van der Waals surface area contributed by atoms with Crippen LogP contribution in [0, 0.1) is 17.1 Å². The first kappa shape index (κ1) is 13.7. The Balaban J connectivity index is 1.96. The predicted octanol–water partition coefficient (Wildman–Crippen LogP) is 4.18. The SMILES string of the molecule is N#Cc1ccc(F)c(COCc2ccc(Br)cc2)c1. The number of rotatable bonds is 4. The summed E-state index contributed by atoms with van der Waals surface area (Å²) in [5, 5.41) is 8.76. The van der Waals surface area contributed by atoms with Crippen molar-refractivity contribution in [3.63, 3.8) is 0 Å². The van der Waals surface area contributed by atoms with Crippen LogP contribution in [0.3, 0.4) is 0 Å². The molecule has 0 saturated heterocycles. The Labute approximate surface area is 119 Å². The van der Waals surface area contributed by atoms with Gasteiger partial charge in [0.15, 0.2) is 0 Å². The van der Waals surface area contributed by atoms with E-state index >= 15 is 0 Å². The molecule has 0 aliphatic heterocycles. The van der Waals surface area contributed by atoms with Crippen molar-refractivity contribution in [3.05, 3.63) is 69.4 Å². The van der Waals surface area contributed by atoms with Crippen LogP contribution in [0.15, 0.2) is 46.9 Å². The molecule has 0 fully saturated rings. The third kappa shape index (κ3) is 3.88. The lowest BCUT2D eigenvalue weighted by molar-refractivity contribution is 0.105. The minimum atomic E-state index is -0.352. The molecule has 4 heteroatoms. The molecule has 0 aliphatic rings. The lowest BCUT2D eigenvalue weighted by Crippen LogP contribution is -1.97. The molecule has 0 atom stereocenters. The first-order chi connectivity index (χ1) is 9.19. The van der Waals surface area contributed by atoms with Gasteiger partial charge in [0.05, 0.1) is 24.8 Å². The van der Waals surface area contributed by atoms with E-state index in [-0.39, 0.29) is 12.4 Å². The summed E-state index contributed by atoms with van der Waals surface area (Å²) in [6.07, 6.45) is 0. The van der Waals surface area contributed by atoms with Crippen molar-refractivity contribution in [3.8, 4) is 6.07 Å². The molecule has 2 rings (SSSR count). The summed E-state index contributed by atoms with van der Waals surface area (Å²) in [6, 6.07) is 14.0. The van der Waals surface area contributed by atoms with Gasteiger partial charge in [-0.1, -0.05) is 28.1 Å². The summed E-state index contributed by atoms with van der Waals surface area (Å²) in [4.78, 5) is 0. The Bertz CT molecular complexity index is 605. The van der Waals surface area contributed by atoms with Crippen molar-refractivity contribution < 1.29 is 9.13 Å². The minimum absolute atomic E-state index is 0.150. The molecule has 0 radical (unpaired) electrons. The average Bonchev–Trinajstić information content (AvgIpc) is 2.43. The molecule has 0 spiro atoms. The topological polar surface area (TPSA) is 33.0 Å². The molecule has 0 aromatic heterocycles. The van der Waals surface area contributed by atoms with Crippen molar-refractivity contribution in [2.75, 3.05) is 0 Å². The lowest BCUT2D eigenvalue weighted by atomic mass is 10.1. The first-order valence-electron chi connectivity index (χ1n) is 5.70. The summed E-state index contributed by atoms with van der Waals surface area (Å²) >= 11 is 3.35. The Morgan fingerprint density at radius 2 is 1.84 bits per heavy atom. The van der Waals surface area contributed by atoms with Crippen molar-refractivity contribution in [1.29, 1.82) is 5.26 Å². The zero-order valence-electron chi connectivity index (χ0n) is 10.1. The summed E-state index contributed by atoms with van der Waals surface area (Å²) in [6.45, 7) is 0.556. The predicted molar refractivity (Wildman–Crippen MR) is 73.8 cm³/mol. The highest BCUT2D eigenvalue weighted by atomic mass is 79.9. The Hall–Kier alpha value is -1.70. The molecule has 2 nitrogen and oxygen atoms in total. The Morgan fingerprint density at radius 1 is 1.11 bits per heavy atom. The van der Waals surface area contributed by atoms with Gasteiger partial charge in [-0.3, -0.25) is 0 Å². The summed E-state index contributed by atoms with van der Waals surface area (Å²) < 4.78 is 20.0. The van der Waals surface area contributed by atoms with E-state index in [4.69, 9.17) is 10.00 Å². The number of nitriles is 1. The van der Waals surface area contributed by atoms with Gasteiger partial charge in [-0.2, -0.15) is 5.26 Å². The molecule has 19 heavy (non-hydrogen) atoms. The zero-order chi connectivity index (χ0) is 13.7. The molecule has 0 saturated carbocycles. The Kier molecular flexibility index (Phi) is 4.67. The standard InChI is InChI=1S/C15H11BrFNO/c16-14-4-1-11(2-5-14)9-19-10-13-7-12(8-18)3-6-15(13)17/h1-7H,9-10H2. The van der Waals surface area contributed by atoms with Crippen LogP contribution >= 0.6 is 15.9 Å². The van der Waals surface area contributed by atoms with Gasteiger partial charge in [0.2, 0.25) is 0 Å². The maximum Gasteiger partial charge on any atom is 0.128 e. The van der Waals surface area contributed by atoms with Crippen LogP contribution in [0.1, 0.15) is 16.7 Å². The number of nitrogens with zero attached hydrogens (tertiary/aromatic N) is 1. The van der Waals surface area contributed by atoms with E-state index in [9.17, 15) is 4.39 Å². The summed E-state index contributed by atoms with van der Waals surface area (Å²) in [5.74, 6) is -0.352. The summed E-state index contributed by atoms with van der Waals surface area (Å²) in [7, 11) is 0. The second-order valence-corrected chi connectivity index (χ2v) is 4.95. The highest BCUT2D eigenvalue weighted by Crippen LogP contribution is 2.14. The van der Waals surface area contributed by atoms with Crippen LogP contribution < -0.4 is 0 Å². The molecule has 2 aromatic rings. The third-order valence-corrected chi connectivity index (χ3v) is 3.14. The van der Waals surface area contributed by atoms with Gasteiger partial charge in [0, 0.05) is 10.0 Å². The number of benzene rings is 2. The van der Waals surface area contributed by atoms with E-state index in [1.165, 1.54) is 18.2 Å². The van der Waals surface area contributed by atoms with Crippen molar-refractivity contribution >= 4 is 15.9 Å². The maximum absolute atomic E-state index is 13.5. The molecule has 0 amide bonds. The van der Waals surface area contributed by atoms with E-state index < -0.39 is 0 Å². The van der Waals surface area contributed by atoms with Gasteiger partial charge in [-0.15, -0.1) is 0 Å². The third-order valence-electron chi connectivity index (χ3n) is 2.61. The average molecular weight is 320 g/mol. The quantitative estimate of drug-likeness (QED) is 0.847. The molecule has 0 aliphatic carbocycles. The number of ether oxygens (including phenoxy) is 1. The fourth-order valence-electron chi connectivity index (χ4n) is 1.61. The van der Waals surface area contributed by atoms with Gasteiger partial charge < -0.3 is 4.74 Å². The van der Waals surface area contributed by atoms with E-state index in [2.05, 4.69) is 15.9 Å². The highest BCUT2D eigenvalue weighted by molar-refractivity contribution is 9.10. The fourth-order valence-corrected chi connectivity index (χ4v) is 1.88. The molecular formula is C15H11BrFNO. The van der Waals surface area contributed by atoms with Crippen LogP contribution in [0.5, 0.6) is 0 Å². The van der Waals surface area contributed by atoms with E-state index in [0.29, 0.717) is 17.7 Å². The van der Waals surface area contributed by atoms with Gasteiger partial charge in [-0.05, 0) is 35.9 Å². The first-order valence-corrected chi connectivity index (χ1v) is 6.49. The van der Waals surface area contributed by atoms with Gasteiger partial charge in [0.1, 0.15) is 5.82 Å². The highest BCUT2D eigenvalue weighted by Gasteiger charge is 2.04. The second-order valence-electron chi connectivity index (χ2n) is 4.04. The largest absolute Gasteiger partial charge is 0.372 e.